The van der Waals surface area contributed by atoms with E-state index in [0.29, 0.717) is 38.8 Å². The van der Waals surface area contributed by atoms with E-state index in [9.17, 15) is 19.5 Å². The summed E-state index contributed by atoms with van der Waals surface area (Å²) in [5, 5.41) is 25.5. The van der Waals surface area contributed by atoms with Gasteiger partial charge in [-0.1, -0.05) is 6.42 Å². The van der Waals surface area contributed by atoms with Crippen molar-refractivity contribution in [1.29, 1.82) is 0 Å². The predicted octanol–water partition coefficient (Wildman–Crippen LogP) is 3.16. The van der Waals surface area contributed by atoms with Crippen LogP contribution in [0.3, 0.4) is 0 Å². The molecule has 0 atom stereocenters. The van der Waals surface area contributed by atoms with Crippen LogP contribution in [0.5, 0.6) is 0 Å². The number of rotatable bonds is 10. The normalized spacial score (nSPS) is 14.7. The minimum atomic E-state index is -1.01. The van der Waals surface area contributed by atoms with Gasteiger partial charge in [0.2, 0.25) is 11.8 Å². The van der Waals surface area contributed by atoms with E-state index in [0.717, 1.165) is 68.8 Å². The average molecular weight is 950 g/mol. The Bertz CT molecular complexity index is 893. The average Bonchev–Trinajstić information content (AvgIpc) is 2.80. The summed E-state index contributed by atoms with van der Waals surface area (Å²) < 4.78 is 1.99. The molecule has 0 bridgehead atoms. The first-order chi connectivity index (χ1) is 17.3. The Labute approximate surface area is 290 Å². The molecule has 0 radical (unpaired) electrons. The number of hydrogen-bond acceptors (Lipinski definition) is 7. The number of nitrogens with zero attached hydrogens (tertiary/aromatic N) is 1. The summed E-state index contributed by atoms with van der Waals surface area (Å²) in [6.45, 7) is 8.08. The number of carboxylic acid groups (broad SMARTS) is 1. The van der Waals surface area contributed by atoms with Gasteiger partial charge in [-0.25, -0.2) is 4.79 Å². The summed E-state index contributed by atoms with van der Waals surface area (Å²) in [5.41, 5.74) is 0.760. The van der Waals surface area contributed by atoms with Crippen molar-refractivity contribution < 1.29 is 19.5 Å². The summed E-state index contributed by atoms with van der Waals surface area (Å²) in [4.78, 5) is 38.5. The number of carbonyl (C=O) groups is 3. The largest absolute Gasteiger partial charge is 0.478 e. The van der Waals surface area contributed by atoms with Crippen LogP contribution >= 0.6 is 105 Å². The van der Waals surface area contributed by atoms with Gasteiger partial charge in [0.1, 0.15) is 0 Å². The van der Waals surface area contributed by atoms with Crippen LogP contribution in [0.25, 0.3) is 0 Å². The fourth-order valence-corrected chi connectivity index (χ4v) is 7.75. The third-order valence-corrected chi connectivity index (χ3v) is 8.37. The van der Waals surface area contributed by atoms with E-state index < -0.39 is 5.97 Å². The lowest BCUT2D eigenvalue weighted by Gasteiger charge is -2.23. The Hall–Kier alpha value is 0.530. The minimum absolute atomic E-state index is 0. The van der Waals surface area contributed by atoms with Gasteiger partial charge in [-0.05, 0) is 86.7 Å². The molecular formula is C23H38Cl3I3N6O4. The summed E-state index contributed by atoms with van der Waals surface area (Å²) in [6, 6.07) is 1.76. The quantitative estimate of drug-likeness (QED) is 0.156. The fourth-order valence-electron chi connectivity index (χ4n) is 3.65. The highest BCUT2D eigenvalue weighted by Gasteiger charge is 2.20. The second kappa shape index (κ2) is 24.0. The Morgan fingerprint density at radius 1 is 0.821 bits per heavy atom. The molecule has 0 aromatic heterocycles. The molecule has 6 N–H and O–H groups in total. The fraction of sp³-hybridized carbons (Fsp3) is 0.609. The van der Waals surface area contributed by atoms with Gasteiger partial charge in [-0.15, -0.1) is 37.2 Å². The molecule has 39 heavy (non-hydrogen) atoms. The maximum absolute atomic E-state index is 12.4. The Morgan fingerprint density at radius 3 is 1.95 bits per heavy atom. The maximum atomic E-state index is 12.4. The van der Waals surface area contributed by atoms with Gasteiger partial charge in [0, 0.05) is 72.5 Å². The van der Waals surface area contributed by atoms with Crippen molar-refractivity contribution in [3.8, 4) is 0 Å². The van der Waals surface area contributed by atoms with Crippen LogP contribution in [0.15, 0.2) is 6.07 Å². The number of aromatic carboxylic acids is 1. The van der Waals surface area contributed by atoms with Crippen LogP contribution < -0.4 is 26.6 Å². The van der Waals surface area contributed by atoms with Gasteiger partial charge >= 0.3 is 5.97 Å². The van der Waals surface area contributed by atoms with Crippen molar-refractivity contribution in [2.45, 2.75) is 25.7 Å². The lowest BCUT2D eigenvalue weighted by atomic mass is 10.1. The highest BCUT2D eigenvalue weighted by Crippen LogP contribution is 2.32. The number of anilines is 1. The van der Waals surface area contributed by atoms with E-state index in [1.165, 1.54) is 0 Å². The molecule has 2 amide bonds. The molecule has 0 unspecified atom stereocenters. The zero-order valence-corrected chi connectivity index (χ0v) is 30.4. The smallest absolute Gasteiger partial charge is 0.337 e. The molecule has 1 fully saturated rings. The molecule has 1 aliphatic rings. The standard InChI is InChI=1S/C23H35I3N6O4.3ClH/c24-16-14-17(25)22(21(26)20(16)23(35)36)31-18(33)4-2-1-3-5-30-19(34)15-32-12-10-28-8-6-27-7-9-29-11-13-32;;;/h14,27-29H,1-13,15H2,(H,30,34)(H,31,33)(H,35,36);3*1H. The number of hydrogen-bond donors (Lipinski definition) is 6. The number of benzene rings is 1. The molecule has 1 aromatic carbocycles. The van der Waals surface area contributed by atoms with Crippen LogP contribution in [-0.4, -0.2) is 93.2 Å². The SMILES string of the molecule is Cl.Cl.Cl.O=C(CN1CCNCCNCCNCC1)NCCCCCC(=O)Nc1c(I)cc(I)c(C(=O)O)c1I. The summed E-state index contributed by atoms with van der Waals surface area (Å²) >= 11 is 6.08. The maximum Gasteiger partial charge on any atom is 0.337 e. The Kier molecular flexibility index (Phi) is 25.7. The lowest BCUT2D eigenvalue weighted by molar-refractivity contribution is -0.122. The first kappa shape index (κ1) is 41.7. The Morgan fingerprint density at radius 2 is 1.38 bits per heavy atom. The molecule has 0 saturated carbocycles. The van der Waals surface area contributed by atoms with E-state index >= 15 is 0 Å². The van der Waals surface area contributed by atoms with Crippen molar-refractivity contribution in [3.63, 3.8) is 0 Å². The highest BCUT2D eigenvalue weighted by atomic mass is 127. The van der Waals surface area contributed by atoms with Crippen molar-refractivity contribution in [2.75, 3.05) is 70.8 Å². The molecule has 0 aliphatic carbocycles. The van der Waals surface area contributed by atoms with Crippen molar-refractivity contribution in [3.05, 3.63) is 22.3 Å². The topological polar surface area (TPSA) is 135 Å². The van der Waals surface area contributed by atoms with Gasteiger partial charge in [-0.3, -0.25) is 14.5 Å². The number of unbranched alkanes of at least 4 members (excludes halogenated alkanes) is 2. The predicted molar refractivity (Wildman–Crippen MR) is 188 cm³/mol. The Balaban J connectivity index is 0. The lowest BCUT2D eigenvalue weighted by Crippen LogP contribution is -2.45. The molecule has 1 aliphatic heterocycles. The van der Waals surface area contributed by atoms with Crippen LogP contribution in [0, 0.1) is 10.7 Å². The van der Waals surface area contributed by atoms with Gasteiger partial charge in [0.05, 0.1) is 21.4 Å². The molecule has 16 heteroatoms. The van der Waals surface area contributed by atoms with Crippen LogP contribution in [0.2, 0.25) is 0 Å². The summed E-state index contributed by atoms with van der Waals surface area (Å²) in [6.07, 6.45) is 2.67. The highest BCUT2D eigenvalue weighted by molar-refractivity contribution is 14.1. The van der Waals surface area contributed by atoms with Crippen LogP contribution in [0.4, 0.5) is 5.69 Å². The zero-order chi connectivity index (χ0) is 26.3. The minimum Gasteiger partial charge on any atom is -0.478 e. The van der Waals surface area contributed by atoms with Crippen LogP contribution in [0.1, 0.15) is 36.0 Å². The molecular weight excluding hydrogens is 911 g/mol. The zero-order valence-electron chi connectivity index (χ0n) is 21.5. The van der Waals surface area contributed by atoms with Gasteiger partial charge < -0.3 is 31.7 Å². The van der Waals surface area contributed by atoms with E-state index in [-0.39, 0.29) is 54.6 Å². The molecule has 1 heterocycles. The molecule has 226 valence electrons. The van der Waals surface area contributed by atoms with E-state index in [1.807, 2.05) is 45.2 Å². The molecule has 1 saturated heterocycles. The summed E-state index contributed by atoms with van der Waals surface area (Å²) in [5.74, 6) is -1.12. The number of carbonyl (C=O) groups excluding carboxylic acids is 2. The molecule has 0 spiro atoms. The molecule has 10 nitrogen and oxygen atoms in total. The van der Waals surface area contributed by atoms with Gasteiger partial charge in [0.25, 0.3) is 0 Å². The van der Waals surface area contributed by atoms with E-state index in [2.05, 4.69) is 54.1 Å². The third-order valence-electron chi connectivity index (χ3n) is 5.59. The van der Waals surface area contributed by atoms with E-state index in [4.69, 9.17) is 0 Å². The first-order valence-electron chi connectivity index (χ1n) is 12.1. The van der Waals surface area contributed by atoms with Crippen LogP contribution in [-0.2, 0) is 9.59 Å². The second-order valence-corrected chi connectivity index (χ2v) is 11.8. The van der Waals surface area contributed by atoms with Crippen molar-refractivity contribution in [1.82, 2.24) is 26.2 Å². The number of carboxylic acids is 1. The van der Waals surface area contributed by atoms with E-state index in [1.54, 1.807) is 6.07 Å². The van der Waals surface area contributed by atoms with Crippen molar-refractivity contribution in [2.24, 2.45) is 0 Å². The van der Waals surface area contributed by atoms with Crippen molar-refractivity contribution >= 4 is 128 Å². The number of nitrogens with one attached hydrogen (secondary N) is 5. The second-order valence-electron chi connectivity index (χ2n) is 8.44. The third kappa shape index (κ3) is 16.7. The van der Waals surface area contributed by atoms with Gasteiger partial charge in [0.15, 0.2) is 0 Å². The molecule has 1 aromatic rings. The number of amides is 2. The monoisotopic (exact) mass is 948 g/mol. The summed E-state index contributed by atoms with van der Waals surface area (Å²) in [7, 11) is 0. The molecule has 2 rings (SSSR count). The number of halogens is 6. The van der Waals surface area contributed by atoms with Gasteiger partial charge in [-0.2, -0.15) is 0 Å². The first-order valence-corrected chi connectivity index (χ1v) is 15.3.